The van der Waals surface area contributed by atoms with E-state index in [9.17, 15) is 0 Å². The van der Waals surface area contributed by atoms with Crippen molar-refractivity contribution in [1.29, 1.82) is 0 Å². The van der Waals surface area contributed by atoms with Crippen LogP contribution < -0.4 is 10.8 Å². The lowest BCUT2D eigenvalue weighted by atomic mass is 9.96. The van der Waals surface area contributed by atoms with E-state index in [0.717, 1.165) is 43.3 Å². The number of hydrogen-bond donors (Lipinski definition) is 1. The number of hydrogen-bond acceptors (Lipinski definition) is 5. The fraction of sp³-hybridized carbons (Fsp3) is 0.304. The third-order valence-electron chi connectivity index (χ3n) is 5.91. The van der Waals surface area contributed by atoms with Crippen molar-refractivity contribution in [2.45, 2.75) is 19.4 Å². The van der Waals surface area contributed by atoms with Crippen molar-refractivity contribution in [3.05, 3.63) is 63.9 Å². The summed E-state index contributed by atoms with van der Waals surface area (Å²) in [5.41, 5.74) is 4.30. The van der Waals surface area contributed by atoms with Gasteiger partial charge in [-0.05, 0) is 65.8 Å². The standard InChI is InChI=1S/C23H23BClN5S/c24-19-13-27-30-22(11-21(28-23(19)30)18-3-1-2-4-20(18)25)26-12-16-5-8-29(9-6-16)14-17-7-10-31-15-17/h1-4,7,10-11,13,15-16,26H,5-6,8-9,12,14H2. The number of rotatable bonds is 6. The summed E-state index contributed by atoms with van der Waals surface area (Å²) in [7, 11) is 6.13. The second kappa shape index (κ2) is 9.03. The summed E-state index contributed by atoms with van der Waals surface area (Å²) in [5.74, 6) is 1.51. The summed E-state index contributed by atoms with van der Waals surface area (Å²) in [5, 5.41) is 13.1. The predicted molar refractivity (Wildman–Crippen MR) is 130 cm³/mol. The summed E-state index contributed by atoms with van der Waals surface area (Å²) in [4.78, 5) is 7.26. The molecule has 156 valence electrons. The van der Waals surface area contributed by atoms with Crippen LogP contribution >= 0.6 is 22.9 Å². The highest BCUT2D eigenvalue weighted by molar-refractivity contribution is 7.07. The zero-order chi connectivity index (χ0) is 21.2. The fourth-order valence-electron chi connectivity index (χ4n) is 4.15. The van der Waals surface area contributed by atoms with Crippen LogP contribution in [0.5, 0.6) is 0 Å². The van der Waals surface area contributed by atoms with E-state index in [1.165, 1.54) is 18.4 Å². The molecular formula is C23H23BClN5S. The number of nitrogens with zero attached hydrogens (tertiary/aromatic N) is 4. The molecule has 1 aromatic carbocycles. The van der Waals surface area contributed by atoms with Crippen molar-refractivity contribution in [2.75, 3.05) is 25.0 Å². The zero-order valence-electron chi connectivity index (χ0n) is 17.2. The molecule has 2 radical (unpaired) electrons. The lowest BCUT2D eigenvalue weighted by Crippen LogP contribution is -2.35. The number of thiophene rings is 1. The molecule has 1 aliphatic heterocycles. The molecule has 0 atom stereocenters. The fourth-order valence-corrected chi connectivity index (χ4v) is 5.04. The second-order valence-electron chi connectivity index (χ2n) is 8.07. The molecule has 0 unspecified atom stereocenters. The van der Waals surface area contributed by atoms with Gasteiger partial charge < -0.3 is 5.32 Å². The van der Waals surface area contributed by atoms with Crippen LogP contribution in [0.15, 0.2) is 53.4 Å². The summed E-state index contributed by atoms with van der Waals surface area (Å²) in [6, 6.07) is 12.0. The first-order valence-electron chi connectivity index (χ1n) is 10.5. The zero-order valence-corrected chi connectivity index (χ0v) is 18.7. The topological polar surface area (TPSA) is 45.5 Å². The Morgan fingerprint density at radius 3 is 2.81 bits per heavy atom. The van der Waals surface area contributed by atoms with Crippen LogP contribution in [0.25, 0.3) is 16.9 Å². The predicted octanol–water partition coefficient (Wildman–Crippen LogP) is 4.23. The molecular weight excluding hydrogens is 425 g/mol. The first-order chi connectivity index (χ1) is 15.2. The van der Waals surface area contributed by atoms with E-state index in [0.29, 0.717) is 22.1 Å². The Kier molecular flexibility index (Phi) is 5.98. The molecule has 8 heteroatoms. The first-order valence-corrected chi connectivity index (χ1v) is 11.9. The molecule has 5 rings (SSSR count). The number of nitrogens with one attached hydrogen (secondary N) is 1. The monoisotopic (exact) mass is 447 g/mol. The van der Waals surface area contributed by atoms with Crippen LogP contribution in [0.2, 0.25) is 5.02 Å². The van der Waals surface area contributed by atoms with E-state index in [2.05, 4.69) is 32.1 Å². The van der Waals surface area contributed by atoms with E-state index in [1.807, 2.05) is 30.3 Å². The minimum absolute atomic E-state index is 0.554. The highest BCUT2D eigenvalue weighted by Gasteiger charge is 2.20. The molecule has 1 aliphatic rings. The van der Waals surface area contributed by atoms with Gasteiger partial charge in [0, 0.05) is 35.9 Å². The van der Waals surface area contributed by atoms with Crippen LogP contribution in [-0.2, 0) is 6.54 Å². The maximum atomic E-state index is 6.42. The summed E-state index contributed by atoms with van der Waals surface area (Å²) >= 11 is 8.19. The summed E-state index contributed by atoms with van der Waals surface area (Å²) in [6.45, 7) is 4.22. The van der Waals surface area contributed by atoms with Gasteiger partial charge in [-0.2, -0.15) is 21.0 Å². The van der Waals surface area contributed by atoms with Gasteiger partial charge in [0.1, 0.15) is 13.7 Å². The maximum absolute atomic E-state index is 6.42. The largest absolute Gasteiger partial charge is 0.370 e. The average Bonchev–Trinajstić information content (AvgIpc) is 3.43. The Morgan fingerprint density at radius 1 is 1.19 bits per heavy atom. The third-order valence-corrected chi connectivity index (χ3v) is 6.98. The minimum atomic E-state index is 0.554. The second-order valence-corrected chi connectivity index (χ2v) is 9.26. The van der Waals surface area contributed by atoms with Crippen LogP contribution in [0.1, 0.15) is 18.4 Å². The number of benzene rings is 1. The first kappa shape index (κ1) is 20.6. The highest BCUT2D eigenvalue weighted by atomic mass is 35.5. The van der Waals surface area contributed by atoms with E-state index < -0.39 is 0 Å². The number of fused-ring (bicyclic) bond motifs is 1. The van der Waals surface area contributed by atoms with E-state index in [-0.39, 0.29) is 0 Å². The maximum Gasteiger partial charge on any atom is 0.150 e. The van der Waals surface area contributed by atoms with Gasteiger partial charge in [0.15, 0.2) is 5.65 Å². The molecule has 0 spiro atoms. The van der Waals surface area contributed by atoms with Crippen molar-refractivity contribution in [1.82, 2.24) is 19.5 Å². The van der Waals surface area contributed by atoms with Gasteiger partial charge in [-0.15, -0.1) is 0 Å². The number of likely N-dealkylation sites (tertiary alicyclic amines) is 1. The van der Waals surface area contributed by atoms with Crippen molar-refractivity contribution in [3.8, 4) is 11.3 Å². The van der Waals surface area contributed by atoms with Crippen molar-refractivity contribution >= 4 is 47.7 Å². The molecule has 4 aromatic rings. The van der Waals surface area contributed by atoms with Gasteiger partial charge in [-0.25, -0.2) is 4.98 Å². The molecule has 0 amide bonds. The molecule has 0 aliphatic carbocycles. The van der Waals surface area contributed by atoms with Crippen molar-refractivity contribution < 1.29 is 0 Å². The van der Waals surface area contributed by atoms with Gasteiger partial charge in [-0.3, -0.25) is 4.90 Å². The minimum Gasteiger partial charge on any atom is -0.370 e. The molecule has 5 nitrogen and oxygen atoms in total. The van der Waals surface area contributed by atoms with E-state index >= 15 is 0 Å². The van der Waals surface area contributed by atoms with E-state index in [4.69, 9.17) is 24.4 Å². The smallest absolute Gasteiger partial charge is 0.150 e. The van der Waals surface area contributed by atoms with Crippen LogP contribution in [0.4, 0.5) is 5.82 Å². The Bertz CT molecular complexity index is 1170. The summed E-state index contributed by atoms with van der Waals surface area (Å²) < 4.78 is 1.78. The Hall–Kier alpha value is -2.35. The van der Waals surface area contributed by atoms with Crippen molar-refractivity contribution in [2.24, 2.45) is 5.92 Å². The van der Waals surface area contributed by atoms with Crippen LogP contribution in [0.3, 0.4) is 0 Å². The van der Waals surface area contributed by atoms with Gasteiger partial charge >= 0.3 is 0 Å². The molecule has 4 heterocycles. The molecule has 3 aromatic heterocycles. The molecule has 0 bridgehead atoms. The number of anilines is 1. The van der Waals surface area contributed by atoms with Gasteiger partial charge in [0.25, 0.3) is 0 Å². The van der Waals surface area contributed by atoms with Gasteiger partial charge in [0.2, 0.25) is 0 Å². The molecule has 1 N–H and O–H groups in total. The third kappa shape index (κ3) is 4.49. The lowest BCUT2D eigenvalue weighted by Gasteiger charge is -2.32. The molecule has 0 saturated carbocycles. The Balaban J connectivity index is 1.30. The highest BCUT2D eigenvalue weighted by Crippen LogP contribution is 2.28. The Morgan fingerprint density at radius 2 is 2.03 bits per heavy atom. The molecule has 31 heavy (non-hydrogen) atoms. The SMILES string of the molecule is [B]c1cnn2c(NCC3CCN(Cc4ccsc4)CC3)cc(-c3ccccc3Cl)nc12. The van der Waals surface area contributed by atoms with E-state index in [1.54, 1.807) is 22.0 Å². The van der Waals surface area contributed by atoms with Crippen LogP contribution in [-0.4, -0.2) is 47.0 Å². The van der Waals surface area contributed by atoms with Gasteiger partial charge in [0.05, 0.1) is 5.69 Å². The number of piperidine rings is 1. The average molecular weight is 448 g/mol. The number of halogens is 1. The molecule has 1 saturated heterocycles. The molecule has 1 fully saturated rings. The van der Waals surface area contributed by atoms with Crippen molar-refractivity contribution in [3.63, 3.8) is 0 Å². The van der Waals surface area contributed by atoms with Gasteiger partial charge in [-0.1, -0.05) is 29.8 Å². The quantitative estimate of drug-likeness (QED) is 0.449. The summed E-state index contributed by atoms with van der Waals surface area (Å²) in [6.07, 6.45) is 4.01. The number of aromatic nitrogens is 3. The normalized spacial score (nSPS) is 15.5. The van der Waals surface area contributed by atoms with Crippen LogP contribution in [0, 0.1) is 5.92 Å². The lowest BCUT2D eigenvalue weighted by molar-refractivity contribution is 0.182. The Labute approximate surface area is 192 Å².